The van der Waals surface area contributed by atoms with E-state index in [0.717, 1.165) is 7.53 Å². The third-order valence-corrected chi connectivity index (χ3v) is 2.43. The fourth-order valence-corrected chi connectivity index (χ4v) is 1.92. The lowest BCUT2D eigenvalue weighted by molar-refractivity contribution is 0.508. The van der Waals surface area contributed by atoms with Gasteiger partial charge in [0.2, 0.25) is 0 Å². The Bertz CT molecular complexity index is 173. The van der Waals surface area contributed by atoms with Gasteiger partial charge in [0, 0.05) is 5.56 Å². The lowest BCUT2D eigenvalue weighted by Crippen LogP contribution is -1.62. The van der Waals surface area contributed by atoms with Crippen molar-refractivity contribution < 1.29 is 4.42 Å². The van der Waals surface area contributed by atoms with Crippen molar-refractivity contribution in [3.8, 4) is 0 Å². The van der Waals surface area contributed by atoms with Crippen molar-refractivity contribution in [2.75, 3.05) is 0 Å². The van der Waals surface area contributed by atoms with Crippen LogP contribution in [0.2, 0.25) is 0 Å². The molecule has 1 aromatic rings. The van der Waals surface area contributed by atoms with Crippen LogP contribution in [-0.4, -0.2) is 0 Å². The highest BCUT2D eigenvalue weighted by Crippen LogP contribution is 2.17. The first kappa shape index (κ1) is 6.85. The molecule has 0 N–H and O–H groups in total. The van der Waals surface area contributed by atoms with Gasteiger partial charge in [-0.3, -0.25) is 0 Å². The van der Waals surface area contributed by atoms with Gasteiger partial charge >= 0.3 is 0 Å². The number of rotatable bonds is 0. The molecule has 0 saturated heterocycles. The molecule has 8 heavy (non-hydrogen) atoms. The average molecular weight is 334 g/mol. The number of hydrogen-bond donors (Lipinski definition) is 0. The van der Waals surface area contributed by atoms with Crippen LogP contribution in [0.1, 0.15) is 5.56 Å². The Morgan fingerprint density at radius 1 is 1.50 bits per heavy atom. The van der Waals surface area contributed by atoms with E-state index in [2.05, 4.69) is 45.2 Å². The van der Waals surface area contributed by atoms with Crippen molar-refractivity contribution in [1.82, 2.24) is 0 Å². The van der Waals surface area contributed by atoms with Gasteiger partial charge in [0.1, 0.15) is 0 Å². The van der Waals surface area contributed by atoms with Gasteiger partial charge in [-0.05, 0) is 58.2 Å². The first-order chi connectivity index (χ1) is 3.70. The number of hydrogen-bond acceptors (Lipinski definition) is 1. The molecule has 0 aliphatic heterocycles. The Morgan fingerprint density at radius 2 is 2.12 bits per heavy atom. The summed E-state index contributed by atoms with van der Waals surface area (Å²) in [6, 6.07) is 2.02. The van der Waals surface area contributed by atoms with Crippen molar-refractivity contribution >= 4 is 45.2 Å². The second-order valence-corrected chi connectivity index (χ2v) is 3.55. The van der Waals surface area contributed by atoms with Crippen molar-refractivity contribution in [3.05, 3.63) is 19.2 Å². The standard InChI is InChI=1S/C5H4I2O/c1-3-2-4(6)8-5(3)7/h2H,1H3. The molecule has 0 amide bonds. The van der Waals surface area contributed by atoms with E-state index >= 15 is 0 Å². The van der Waals surface area contributed by atoms with E-state index in [1.165, 1.54) is 5.56 Å². The fraction of sp³-hybridized carbons (Fsp3) is 0.200. The van der Waals surface area contributed by atoms with E-state index in [9.17, 15) is 0 Å². The maximum absolute atomic E-state index is 5.19. The van der Waals surface area contributed by atoms with Crippen LogP contribution in [0.4, 0.5) is 0 Å². The van der Waals surface area contributed by atoms with Crippen LogP contribution in [0.25, 0.3) is 0 Å². The van der Waals surface area contributed by atoms with Gasteiger partial charge < -0.3 is 4.42 Å². The highest BCUT2D eigenvalue weighted by atomic mass is 127. The first-order valence-corrected chi connectivity index (χ1v) is 4.27. The van der Waals surface area contributed by atoms with Crippen LogP contribution >= 0.6 is 45.2 Å². The number of furan rings is 1. The zero-order chi connectivity index (χ0) is 6.15. The molecule has 0 atom stereocenters. The molecule has 0 aliphatic rings. The highest BCUT2D eigenvalue weighted by molar-refractivity contribution is 14.1. The lowest BCUT2D eigenvalue weighted by atomic mass is 10.4. The van der Waals surface area contributed by atoms with Gasteiger partial charge in [-0.15, -0.1) is 0 Å². The molecule has 0 spiro atoms. The highest BCUT2D eigenvalue weighted by Gasteiger charge is 1.98. The van der Waals surface area contributed by atoms with E-state index in [4.69, 9.17) is 4.42 Å². The zero-order valence-electron chi connectivity index (χ0n) is 4.24. The summed E-state index contributed by atoms with van der Waals surface area (Å²) in [5.41, 5.74) is 1.22. The van der Waals surface area contributed by atoms with Crippen LogP contribution in [-0.2, 0) is 0 Å². The molecular weight excluding hydrogens is 330 g/mol. The van der Waals surface area contributed by atoms with Gasteiger partial charge in [0.05, 0.1) is 0 Å². The van der Waals surface area contributed by atoms with Crippen molar-refractivity contribution in [2.24, 2.45) is 0 Å². The molecular formula is C5H4I2O. The maximum Gasteiger partial charge on any atom is 0.168 e. The smallest absolute Gasteiger partial charge is 0.168 e. The summed E-state index contributed by atoms with van der Waals surface area (Å²) in [4.78, 5) is 0. The SMILES string of the molecule is Cc1cc(I)oc1I. The van der Waals surface area contributed by atoms with E-state index < -0.39 is 0 Å². The predicted molar refractivity (Wildman–Crippen MR) is 48.9 cm³/mol. The largest absolute Gasteiger partial charge is 0.444 e. The maximum atomic E-state index is 5.19. The third-order valence-electron chi connectivity index (χ3n) is 0.827. The second kappa shape index (κ2) is 2.55. The molecule has 44 valence electrons. The van der Waals surface area contributed by atoms with Gasteiger partial charge in [-0.2, -0.15) is 0 Å². The molecule has 0 saturated carbocycles. The Morgan fingerprint density at radius 3 is 2.25 bits per heavy atom. The van der Waals surface area contributed by atoms with E-state index in [1.807, 2.05) is 13.0 Å². The van der Waals surface area contributed by atoms with Crippen LogP contribution < -0.4 is 0 Å². The molecule has 0 unspecified atom stereocenters. The first-order valence-electron chi connectivity index (χ1n) is 2.11. The lowest BCUT2D eigenvalue weighted by Gasteiger charge is -1.77. The van der Waals surface area contributed by atoms with Gasteiger partial charge in [0.25, 0.3) is 0 Å². The molecule has 3 heteroatoms. The summed E-state index contributed by atoms with van der Waals surface area (Å²) in [7, 11) is 0. The topological polar surface area (TPSA) is 13.1 Å². The van der Waals surface area contributed by atoms with Crippen LogP contribution in [0, 0.1) is 14.5 Å². The van der Waals surface area contributed by atoms with E-state index in [1.54, 1.807) is 0 Å². The molecule has 0 aromatic carbocycles. The minimum Gasteiger partial charge on any atom is -0.444 e. The Kier molecular flexibility index (Phi) is 2.19. The predicted octanol–water partition coefficient (Wildman–Crippen LogP) is 2.80. The molecule has 1 rings (SSSR count). The Labute approximate surface area is 75.1 Å². The monoisotopic (exact) mass is 334 g/mol. The average Bonchev–Trinajstić information content (AvgIpc) is 1.85. The zero-order valence-corrected chi connectivity index (χ0v) is 8.56. The Hall–Kier alpha value is 0.740. The molecule has 0 radical (unpaired) electrons. The molecule has 0 aliphatic carbocycles. The van der Waals surface area contributed by atoms with E-state index in [-0.39, 0.29) is 0 Å². The van der Waals surface area contributed by atoms with Crippen LogP contribution in [0.3, 0.4) is 0 Å². The fourth-order valence-electron chi connectivity index (χ4n) is 0.423. The van der Waals surface area contributed by atoms with Crippen molar-refractivity contribution in [3.63, 3.8) is 0 Å². The summed E-state index contributed by atoms with van der Waals surface area (Å²) in [6.45, 7) is 2.04. The van der Waals surface area contributed by atoms with Crippen LogP contribution in [0.5, 0.6) is 0 Å². The minimum atomic E-state index is 0.963. The van der Waals surface area contributed by atoms with Crippen LogP contribution in [0.15, 0.2) is 10.5 Å². The summed E-state index contributed by atoms with van der Waals surface area (Å²) in [5, 5.41) is 0. The second-order valence-electron chi connectivity index (χ2n) is 1.51. The molecule has 1 aromatic heterocycles. The molecule has 0 bridgehead atoms. The van der Waals surface area contributed by atoms with Crippen molar-refractivity contribution in [2.45, 2.75) is 6.92 Å². The van der Waals surface area contributed by atoms with Gasteiger partial charge in [0.15, 0.2) is 7.53 Å². The molecule has 1 heterocycles. The van der Waals surface area contributed by atoms with Gasteiger partial charge in [-0.1, -0.05) is 0 Å². The summed E-state index contributed by atoms with van der Waals surface area (Å²) in [5.74, 6) is 0. The number of aryl methyl sites for hydroxylation is 1. The molecule has 0 fully saturated rings. The quantitative estimate of drug-likeness (QED) is 0.665. The van der Waals surface area contributed by atoms with Crippen molar-refractivity contribution in [1.29, 1.82) is 0 Å². The van der Waals surface area contributed by atoms with Gasteiger partial charge in [-0.25, -0.2) is 0 Å². The molecule has 1 nitrogen and oxygen atoms in total. The summed E-state index contributed by atoms with van der Waals surface area (Å²) >= 11 is 4.33. The van der Waals surface area contributed by atoms with E-state index in [0.29, 0.717) is 0 Å². The third kappa shape index (κ3) is 1.37. The number of halogens is 2. The Balaban J connectivity index is 3.14. The normalized spacial score (nSPS) is 9.88. The summed E-state index contributed by atoms with van der Waals surface area (Å²) < 4.78 is 7.14. The minimum absolute atomic E-state index is 0.963. The summed E-state index contributed by atoms with van der Waals surface area (Å²) in [6.07, 6.45) is 0.